The Labute approximate surface area is 141 Å². The highest BCUT2D eigenvalue weighted by Gasteiger charge is 2.38. The molecule has 1 aromatic rings. The number of halogens is 1. The standard InChI is InChI=1S/C18H24FNO4/c1-18(2,3)24-17(22)20-10-9-14(15(11-20)16(21)23-4)12-5-7-13(19)8-6-12/h5-8,14-15H,9-11H2,1-4H3/t14-,15+/m0/s1. The van der Waals surface area contributed by atoms with Crippen LogP contribution in [0.25, 0.3) is 0 Å². The van der Waals surface area contributed by atoms with Crippen LogP contribution < -0.4 is 0 Å². The van der Waals surface area contributed by atoms with E-state index < -0.39 is 17.6 Å². The average molecular weight is 337 g/mol. The first-order valence-corrected chi connectivity index (χ1v) is 8.02. The minimum absolute atomic E-state index is 0.114. The van der Waals surface area contributed by atoms with Gasteiger partial charge in [0, 0.05) is 19.0 Å². The Morgan fingerprint density at radius 1 is 1.21 bits per heavy atom. The molecule has 0 bridgehead atoms. The molecule has 1 saturated heterocycles. The predicted molar refractivity (Wildman–Crippen MR) is 87.1 cm³/mol. The Bertz CT molecular complexity index is 594. The van der Waals surface area contributed by atoms with Crippen molar-refractivity contribution in [2.24, 2.45) is 5.92 Å². The van der Waals surface area contributed by atoms with Gasteiger partial charge in [-0.15, -0.1) is 0 Å². The number of piperidine rings is 1. The van der Waals surface area contributed by atoms with Gasteiger partial charge < -0.3 is 14.4 Å². The number of amides is 1. The number of ether oxygens (including phenoxy) is 2. The summed E-state index contributed by atoms with van der Waals surface area (Å²) in [6.07, 6.45) is 0.152. The van der Waals surface area contributed by atoms with Gasteiger partial charge in [0.05, 0.1) is 13.0 Å². The number of hydrogen-bond donors (Lipinski definition) is 0. The van der Waals surface area contributed by atoms with E-state index >= 15 is 0 Å². The molecule has 0 spiro atoms. The van der Waals surface area contributed by atoms with E-state index in [1.165, 1.54) is 24.1 Å². The zero-order chi connectivity index (χ0) is 17.9. The minimum Gasteiger partial charge on any atom is -0.469 e. The van der Waals surface area contributed by atoms with E-state index in [0.717, 1.165) is 5.56 Å². The monoisotopic (exact) mass is 337 g/mol. The zero-order valence-electron chi connectivity index (χ0n) is 14.5. The van der Waals surface area contributed by atoms with Crippen molar-refractivity contribution in [3.63, 3.8) is 0 Å². The summed E-state index contributed by atoms with van der Waals surface area (Å²) in [5.74, 6) is -1.31. The summed E-state index contributed by atoms with van der Waals surface area (Å²) >= 11 is 0. The molecule has 0 unspecified atom stereocenters. The molecule has 6 heteroatoms. The molecule has 0 saturated carbocycles. The second-order valence-corrected chi connectivity index (χ2v) is 7.00. The van der Waals surface area contributed by atoms with Gasteiger partial charge in [0.25, 0.3) is 0 Å². The topological polar surface area (TPSA) is 55.8 Å². The highest BCUT2D eigenvalue weighted by atomic mass is 19.1. The maximum Gasteiger partial charge on any atom is 0.410 e. The van der Waals surface area contributed by atoms with E-state index in [0.29, 0.717) is 13.0 Å². The summed E-state index contributed by atoms with van der Waals surface area (Å²) in [6, 6.07) is 6.12. The van der Waals surface area contributed by atoms with E-state index in [-0.39, 0.29) is 24.2 Å². The number of carbonyl (C=O) groups excluding carboxylic acids is 2. The molecule has 0 N–H and O–H groups in total. The summed E-state index contributed by atoms with van der Waals surface area (Å²) in [6.45, 7) is 6.10. The molecular weight excluding hydrogens is 313 g/mol. The maximum atomic E-state index is 13.1. The van der Waals surface area contributed by atoms with Crippen molar-refractivity contribution in [2.45, 2.75) is 38.7 Å². The number of hydrogen-bond acceptors (Lipinski definition) is 4. The molecule has 0 aliphatic carbocycles. The number of likely N-dealkylation sites (tertiary alicyclic amines) is 1. The Hall–Kier alpha value is -2.11. The third kappa shape index (κ3) is 4.46. The minimum atomic E-state index is -0.592. The van der Waals surface area contributed by atoms with Gasteiger partial charge in [-0.1, -0.05) is 12.1 Å². The molecule has 0 radical (unpaired) electrons. The summed E-state index contributed by atoms with van der Waals surface area (Å²) in [5.41, 5.74) is 0.279. The van der Waals surface area contributed by atoms with Crippen LogP contribution in [0.3, 0.4) is 0 Å². The van der Waals surface area contributed by atoms with Crippen molar-refractivity contribution in [1.29, 1.82) is 0 Å². The van der Waals surface area contributed by atoms with Gasteiger partial charge in [-0.05, 0) is 44.9 Å². The second-order valence-electron chi connectivity index (χ2n) is 7.00. The number of methoxy groups -OCH3 is 1. The quantitative estimate of drug-likeness (QED) is 0.777. The van der Waals surface area contributed by atoms with Crippen molar-refractivity contribution in [1.82, 2.24) is 4.90 Å². The average Bonchev–Trinajstić information content (AvgIpc) is 2.52. The third-order valence-electron chi connectivity index (χ3n) is 4.07. The third-order valence-corrected chi connectivity index (χ3v) is 4.07. The molecule has 132 valence electrons. The Morgan fingerprint density at radius 2 is 1.83 bits per heavy atom. The first kappa shape index (κ1) is 18.2. The molecule has 1 amide bonds. The number of rotatable bonds is 2. The van der Waals surface area contributed by atoms with Gasteiger partial charge >= 0.3 is 12.1 Å². The Kier molecular flexibility index (Phi) is 5.47. The highest BCUT2D eigenvalue weighted by molar-refractivity contribution is 5.76. The molecule has 24 heavy (non-hydrogen) atoms. The van der Waals surface area contributed by atoms with Crippen LogP contribution in [0.5, 0.6) is 0 Å². The van der Waals surface area contributed by atoms with Crippen LogP contribution in [-0.2, 0) is 14.3 Å². The first-order valence-electron chi connectivity index (χ1n) is 8.02. The van der Waals surface area contributed by atoms with Crippen LogP contribution in [0.15, 0.2) is 24.3 Å². The summed E-state index contributed by atoms with van der Waals surface area (Å²) in [7, 11) is 1.33. The summed E-state index contributed by atoms with van der Waals surface area (Å²) < 4.78 is 23.4. The number of nitrogens with zero attached hydrogens (tertiary/aromatic N) is 1. The van der Waals surface area contributed by atoms with Crippen molar-refractivity contribution in [2.75, 3.05) is 20.2 Å². The van der Waals surface area contributed by atoms with Crippen molar-refractivity contribution >= 4 is 12.1 Å². The van der Waals surface area contributed by atoms with Gasteiger partial charge in [-0.2, -0.15) is 0 Å². The van der Waals surface area contributed by atoms with Crippen LogP contribution >= 0.6 is 0 Å². The van der Waals surface area contributed by atoms with E-state index in [2.05, 4.69) is 0 Å². The SMILES string of the molecule is COC(=O)[C@@H]1CN(C(=O)OC(C)(C)C)CC[C@H]1c1ccc(F)cc1. The Balaban J connectivity index is 2.17. The lowest BCUT2D eigenvalue weighted by atomic mass is 9.80. The molecular formula is C18H24FNO4. The van der Waals surface area contributed by atoms with Crippen LogP contribution in [0.1, 0.15) is 38.7 Å². The summed E-state index contributed by atoms with van der Waals surface area (Å²) in [5, 5.41) is 0. The van der Waals surface area contributed by atoms with Gasteiger partial charge in [0.2, 0.25) is 0 Å². The molecule has 1 aliphatic heterocycles. The van der Waals surface area contributed by atoms with Gasteiger partial charge in [-0.3, -0.25) is 4.79 Å². The molecule has 1 fully saturated rings. The number of esters is 1. The molecule has 1 aromatic carbocycles. The zero-order valence-corrected chi connectivity index (χ0v) is 14.5. The largest absolute Gasteiger partial charge is 0.469 e. The van der Waals surface area contributed by atoms with Crippen LogP contribution in [0.4, 0.5) is 9.18 Å². The van der Waals surface area contributed by atoms with Gasteiger partial charge in [0.15, 0.2) is 0 Å². The van der Waals surface area contributed by atoms with Crippen LogP contribution in [0, 0.1) is 11.7 Å². The fourth-order valence-corrected chi connectivity index (χ4v) is 2.94. The molecule has 2 rings (SSSR count). The molecule has 1 heterocycles. The number of carbonyl (C=O) groups is 2. The van der Waals surface area contributed by atoms with E-state index in [1.807, 2.05) is 0 Å². The van der Waals surface area contributed by atoms with Gasteiger partial charge in [0.1, 0.15) is 11.4 Å². The van der Waals surface area contributed by atoms with Crippen LogP contribution in [-0.4, -0.2) is 42.8 Å². The van der Waals surface area contributed by atoms with E-state index in [1.54, 1.807) is 32.9 Å². The lowest BCUT2D eigenvalue weighted by molar-refractivity contribution is -0.148. The smallest absolute Gasteiger partial charge is 0.410 e. The molecule has 1 aliphatic rings. The normalized spacial score (nSPS) is 21.3. The lowest BCUT2D eigenvalue weighted by Gasteiger charge is -2.37. The maximum absolute atomic E-state index is 13.1. The van der Waals surface area contributed by atoms with Crippen molar-refractivity contribution in [3.05, 3.63) is 35.6 Å². The van der Waals surface area contributed by atoms with E-state index in [4.69, 9.17) is 9.47 Å². The summed E-state index contributed by atoms with van der Waals surface area (Å²) in [4.78, 5) is 26.0. The van der Waals surface area contributed by atoms with Crippen molar-refractivity contribution in [3.8, 4) is 0 Å². The fraction of sp³-hybridized carbons (Fsp3) is 0.556. The van der Waals surface area contributed by atoms with Crippen LogP contribution in [0.2, 0.25) is 0 Å². The molecule has 5 nitrogen and oxygen atoms in total. The molecule has 2 atom stereocenters. The lowest BCUT2D eigenvalue weighted by Crippen LogP contribution is -2.47. The second kappa shape index (κ2) is 7.20. The predicted octanol–water partition coefficient (Wildman–Crippen LogP) is 3.34. The van der Waals surface area contributed by atoms with Crippen molar-refractivity contribution < 1.29 is 23.5 Å². The highest BCUT2D eigenvalue weighted by Crippen LogP contribution is 2.34. The fourth-order valence-electron chi connectivity index (χ4n) is 2.94. The Morgan fingerprint density at radius 3 is 2.38 bits per heavy atom. The van der Waals surface area contributed by atoms with Gasteiger partial charge in [-0.25, -0.2) is 9.18 Å². The molecule has 0 aromatic heterocycles. The van der Waals surface area contributed by atoms with E-state index in [9.17, 15) is 14.0 Å². The number of benzene rings is 1. The first-order chi connectivity index (χ1) is 11.2.